The fourth-order valence-corrected chi connectivity index (χ4v) is 10.7. The predicted molar refractivity (Wildman–Crippen MR) is 265 cm³/mol. The number of nitriles is 1. The van der Waals surface area contributed by atoms with Gasteiger partial charge in [0.15, 0.2) is 0 Å². The molecule has 0 bridgehead atoms. The van der Waals surface area contributed by atoms with Crippen molar-refractivity contribution in [3.63, 3.8) is 0 Å². The molecule has 3 aromatic carbocycles. The van der Waals surface area contributed by atoms with E-state index in [1.807, 2.05) is 76.5 Å². The highest BCUT2D eigenvalue weighted by Crippen LogP contribution is 2.55. The molecule has 1 saturated carbocycles. The Balaban J connectivity index is 0.887. The Hall–Kier alpha value is -5.53. The van der Waals surface area contributed by atoms with Crippen molar-refractivity contribution in [2.24, 2.45) is 16.2 Å². The van der Waals surface area contributed by atoms with Gasteiger partial charge in [0.1, 0.15) is 36.6 Å². The monoisotopic (exact) mass is 967 g/mol. The lowest BCUT2D eigenvalue weighted by atomic mass is 9.49. The topological polar surface area (TPSA) is 195 Å². The number of aliphatic hydroxyl groups excluding tert-OH is 1. The molecule has 1 aromatic heterocycles. The first kappa shape index (κ1) is 51.9. The molecule has 2 heterocycles. The normalized spacial score (nSPS) is 20.3. The van der Waals surface area contributed by atoms with Gasteiger partial charge in [0.05, 0.1) is 38.8 Å². The van der Waals surface area contributed by atoms with Gasteiger partial charge in [0.25, 0.3) is 5.91 Å². The molecule has 4 aromatic rings. The highest BCUT2D eigenvalue weighted by atomic mass is 35.5. The van der Waals surface area contributed by atoms with Crippen LogP contribution >= 0.6 is 22.9 Å². The number of unbranched alkanes of at least 4 members (excludes halogenated alkanes) is 2. The largest absolute Gasteiger partial charge is 0.489 e. The average molecular weight is 969 g/mol. The van der Waals surface area contributed by atoms with E-state index < -0.39 is 35.4 Å². The summed E-state index contributed by atoms with van der Waals surface area (Å²) in [7, 11) is 0. The molecule has 0 spiro atoms. The maximum absolute atomic E-state index is 14.1. The zero-order chi connectivity index (χ0) is 49.6. The van der Waals surface area contributed by atoms with Crippen molar-refractivity contribution >= 4 is 52.3 Å². The van der Waals surface area contributed by atoms with E-state index in [0.717, 1.165) is 46.6 Å². The van der Waals surface area contributed by atoms with Crippen LogP contribution in [0.5, 0.6) is 5.75 Å². The molecule has 6 rings (SSSR count). The summed E-state index contributed by atoms with van der Waals surface area (Å²) < 4.78 is 12.1. The zero-order valence-electron chi connectivity index (χ0n) is 40.6. The van der Waals surface area contributed by atoms with Crippen molar-refractivity contribution in [3.05, 3.63) is 99.6 Å². The maximum Gasteiger partial charge on any atom is 0.251 e. The molecule has 68 heavy (non-hydrogen) atoms. The number of likely N-dealkylation sites (tertiary alicyclic amines) is 1. The van der Waals surface area contributed by atoms with Gasteiger partial charge in [-0.3, -0.25) is 19.2 Å². The standard InChI is InChI=1S/C52H66ClN7O7S/c1-31(33-13-15-34(16-14-33)43-32(2)56-30-68-43)57-46(64)41-25-38(61)28-60(41)47(65)44(50(3,4)5)58-42(62)29-66-24-12-10-11-23-55-37-20-17-35(18-21-37)45(63)59-48-51(6,7)49(52(48,8)9)67-39-22-19-36(27-54)40(53)26-39/h13-22,26,30-31,38,41,44,48-49,55,61H,10-12,23-25,28-29H2,1-9H3,(H,57,64)(H,58,62)(H,59,63)/t31-,38+,41?,44+,48?,49?/m1/s1. The van der Waals surface area contributed by atoms with Crippen molar-refractivity contribution < 1.29 is 33.8 Å². The predicted octanol–water partition coefficient (Wildman–Crippen LogP) is 8.22. The van der Waals surface area contributed by atoms with Crippen LogP contribution in [0.1, 0.15) is 114 Å². The number of aliphatic hydroxyl groups is 1. The minimum absolute atomic E-state index is 0.0135. The molecular weight excluding hydrogens is 902 g/mol. The number of amides is 4. The molecule has 1 aliphatic carbocycles. The second kappa shape index (κ2) is 21.8. The maximum atomic E-state index is 14.1. The number of hydrogen-bond donors (Lipinski definition) is 5. The molecule has 5 N–H and O–H groups in total. The summed E-state index contributed by atoms with van der Waals surface area (Å²) >= 11 is 7.81. The SMILES string of the molecule is Cc1ncsc1-c1ccc([C@@H](C)NC(=O)C2C[C@H](O)CN2C(=O)[C@H](NC(=O)COCCCCCNc2ccc(C(=O)NC3C(C)(C)C(Oc4ccc(C#N)c(Cl)c4)C3(C)C)cc2)C(C)(C)C)cc1. The van der Waals surface area contributed by atoms with Crippen LogP contribution in [0.4, 0.5) is 5.69 Å². The van der Waals surface area contributed by atoms with Crippen molar-refractivity contribution in [2.45, 2.75) is 124 Å². The lowest BCUT2D eigenvalue weighted by Crippen LogP contribution is -2.74. The summed E-state index contributed by atoms with van der Waals surface area (Å²) in [4.78, 5) is 61.0. The molecular formula is C52H66ClN7O7S. The Morgan fingerprint density at radius 3 is 2.29 bits per heavy atom. The number of nitrogens with one attached hydrogen (secondary N) is 4. The number of aromatic nitrogens is 1. The Morgan fingerprint density at radius 1 is 0.985 bits per heavy atom. The van der Waals surface area contributed by atoms with E-state index in [4.69, 9.17) is 21.1 Å². The Morgan fingerprint density at radius 2 is 1.68 bits per heavy atom. The second-order valence-corrected chi connectivity index (χ2v) is 21.6. The van der Waals surface area contributed by atoms with Gasteiger partial charge >= 0.3 is 0 Å². The minimum atomic E-state index is -0.952. The molecule has 1 aliphatic heterocycles. The van der Waals surface area contributed by atoms with Crippen LogP contribution in [0.25, 0.3) is 10.4 Å². The van der Waals surface area contributed by atoms with Crippen LogP contribution < -0.4 is 26.0 Å². The second-order valence-electron chi connectivity index (χ2n) is 20.3. The number of hydrogen-bond acceptors (Lipinski definition) is 11. The summed E-state index contributed by atoms with van der Waals surface area (Å²) in [6, 6.07) is 20.1. The number of nitrogens with zero attached hydrogens (tertiary/aromatic N) is 3. The summed E-state index contributed by atoms with van der Waals surface area (Å²) in [5.41, 5.74) is 5.11. The van der Waals surface area contributed by atoms with Crippen LogP contribution in [-0.4, -0.2) is 95.3 Å². The number of carbonyl (C=O) groups is 4. The number of benzene rings is 3. The van der Waals surface area contributed by atoms with Crippen LogP contribution in [0.3, 0.4) is 0 Å². The van der Waals surface area contributed by atoms with E-state index in [1.54, 1.807) is 41.7 Å². The van der Waals surface area contributed by atoms with Gasteiger partial charge in [0, 0.05) is 60.3 Å². The van der Waals surface area contributed by atoms with Crippen LogP contribution in [0.2, 0.25) is 5.02 Å². The van der Waals surface area contributed by atoms with E-state index in [1.165, 1.54) is 4.90 Å². The van der Waals surface area contributed by atoms with Gasteiger partial charge in [-0.25, -0.2) is 4.98 Å². The number of β-amino-alcohol motifs (C(OH)–C–C–N with tert-alkyl or cyclic N) is 1. The smallest absolute Gasteiger partial charge is 0.251 e. The van der Waals surface area contributed by atoms with Crippen LogP contribution in [-0.2, 0) is 19.1 Å². The van der Waals surface area contributed by atoms with Gasteiger partial charge in [-0.1, -0.05) is 84.3 Å². The number of ether oxygens (including phenoxy) is 2. The van der Waals surface area contributed by atoms with Crippen molar-refractivity contribution in [1.82, 2.24) is 25.8 Å². The highest BCUT2D eigenvalue weighted by molar-refractivity contribution is 7.13. The first-order valence-electron chi connectivity index (χ1n) is 23.3. The van der Waals surface area contributed by atoms with Crippen molar-refractivity contribution in [1.29, 1.82) is 5.26 Å². The van der Waals surface area contributed by atoms with Gasteiger partial charge in [-0.15, -0.1) is 11.3 Å². The highest BCUT2D eigenvalue weighted by Gasteiger charge is 2.64. The molecule has 0 radical (unpaired) electrons. The molecule has 2 aliphatic rings. The lowest BCUT2D eigenvalue weighted by molar-refractivity contribution is -0.164. The Labute approximate surface area is 409 Å². The fourth-order valence-electron chi connectivity index (χ4n) is 9.67. The van der Waals surface area contributed by atoms with Gasteiger partial charge in [-0.05, 0) is 86.1 Å². The summed E-state index contributed by atoms with van der Waals surface area (Å²) in [5, 5.41) is 32.7. The number of thiazole rings is 1. The van der Waals surface area contributed by atoms with Crippen molar-refractivity contribution in [2.75, 3.05) is 31.6 Å². The van der Waals surface area contributed by atoms with Gasteiger partial charge < -0.3 is 40.7 Å². The summed E-state index contributed by atoms with van der Waals surface area (Å²) in [6.45, 7) is 18.5. The fraction of sp³-hybridized carbons (Fsp3) is 0.500. The van der Waals surface area contributed by atoms with Crippen LogP contribution in [0, 0.1) is 34.5 Å². The molecule has 16 heteroatoms. The summed E-state index contributed by atoms with van der Waals surface area (Å²) in [5.74, 6) is -0.820. The van der Waals surface area contributed by atoms with E-state index >= 15 is 0 Å². The van der Waals surface area contributed by atoms with Gasteiger partial charge in [0.2, 0.25) is 17.7 Å². The molecule has 1 saturated heterocycles. The third-order valence-electron chi connectivity index (χ3n) is 13.2. The number of halogens is 1. The molecule has 2 fully saturated rings. The lowest BCUT2D eigenvalue weighted by Gasteiger charge is -2.63. The third kappa shape index (κ3) is 12.2. The molecule has 1 unspecified atom stereocenters. The number of carbonyl (C=O) groups excluding carboxylic acids is 4. The first-order chi connectivity index (χ1) is 32.1. The first-order valence-corrected chi connectivity index (χ1v) is 24.5. The Bertz CT molecular complexity index is 2450. The average Bonchev–Trinajstić information content (AvgIpc) is 3.91. The number of anilines is 1. The van der Waals surface area contributed by atoms with Crippen LogP contribution in [0.15, 0.2) is 72.2 Å². The van der Waals surface area contributed by atoms with E-state index in [9.17, 15) is 29.5 Å². The van der Waals surface area contributed by atoms with E-state index in [-0.39, 0.29) is 60.4 Å². The Kier molecular flexibility index (Phi) is 16.6. The van der Waals surface area contributed by atoms with E-state index in [0.29, 0.717) is 35.1 Å². The third-order valence-corrected chi connectivity index (χ3v) is 14.5. The number of aryl methyl sites for hydroxylation is 1. The molecule has 4 atom stereocenters. The van der Waals surface area contributed by atoms with Crippen molar-refractivity contribution in [3.8, 4) is 22.3 Å². The van der Waals surface area contributed by atoms with Gasteiger partial charge in [-0.2, -0.15) is 5.26 Å². The zero-order valence-corrected chi connectivity index (χ0v) is 42.1. The molecule has 4 amide bonds. The molecule has 14 nitrogen and oxygen atoms in total. The summed E-state index contributed by atoms with van der Waals surface area (Å²) in [6.07, 6.45) is 1.46. The quantitative estimate of drug-likeness (QED) is 0.0572. The number of rotatable bonds is 19. The molecule has 364 valence electrons. The van der Waals surface area contributed by atoms with E-state index in [2.05, 4.69) is 60.0 Å². The minimum Gasteiger partial charge on any atom is -0.489 e.